The Morgan fingerprint density at radius 1 is 1.38 bits per heavy atom. The third kappa shape index (κ3) is 4.42. The van der Waals surface area contributed by atoms with Crippen molar-refractivity contribution < 1.29 is 9.90 Å². The molecule has 1 aliphatic rings. The Bertz CT molecular complexity index is 473. The number of likely N-dealkylation sites (tertiary alicyclic amines) is 1. The number of aliphatic hydroxyl groups excluding tert-OH is 1. The number of hydrazine groups is 1. The molecule has 1 aromatic rings. The molecule has 1 aliphatic heterocycles. The maximum Gasteiger partial charge on any atom is 0.150 e. The van der Waals surface area contributed by atoms with Gasteiger partial charge in [-0.2, -0.15) is 0 Å². The van der Waals surface area contributed by atoms with E-state index in [4.69, 9.17) is 11.6 Å². The summed E-state index contributed by atoms with van der Waals surface area (Å²) in [6.45, 7) is 3.56. The van der Waals surface area contributed by atoms with Crippen molar-refractivity contribution in [3.05, 3.63) is 23.8 Å². The molecule has 0 spiro atoms. The summed E-state index contributed by atoms with van der Waals surface area (Å²) in [6.07, 6.45) is 3.27. The van der Waals surface area contributed by atoms with E-state index in [0.717, 1.165) is 50.9 Å². The molecule has 1 saturated heterocycles. The summed E-state index contributed by atoms with van der Waals surface area (Å²) in [7, 11) is 0. The number of anilines is 2. The smallest absolute Gasteiger partial charge is 0.150 e. The van der Waals surface area contributed by atoms with Gasteiger partial charge in [-0.25, -0.2) is 5.84 Å². The molecule has 2 rings (SSSR count). The molecule has 5 N–H and O–H groups in total. The lowest BCUT2D eigenvalue weighted by molar-refractivity contribution is 0.0823. The summed E-state index contributed by atoms with van der Waals surface area (Å²) >= 11 is 0. The summed E-state index contributed by atoms with van der Waals surface area (Å²) < 4.78 is 0. The van der Waals surface area contributed by atoms with E-state index in [1.807, 2.05) is 0 Å². The van der Waals surface area contributed by atoms with Gasteiger partial charge in [0.25, 0.3) is 0 Å². The quantitative estimate of drug-likeness (QED) is 0.308. The number of nitrogens with two attached hydrogens (primary N) is 2. The van der Waals surface area contributed by atoms with E-state index in [0.29, 0.717) is 17.8 Å². The molecule has 116 valence electrons. The van der Waals surface area contributed by atoms with Gasteiger partial charge >= 0.3 is 0 Å². The van der Waals surface area contributed by atoms with Crippen molar-refractivity contribution in [1.82, 2.24) is 4.90 Å². The fourth-order valence-corrected chi connectivity index (χ4v) is 2.64. The van der Waals surface area contributed by atoms with Gasteiger partial charge in [-0.3, -0.25) is 4.79 Å². The molecule has 6 nitrogen and oxygen atoms in total. The van der Waals surface area contributed by atoms with Crippen molar-refractivity contribution in [2.75, 3.05) is 36.9 Å². The van der Waals surface area contributed by atoms with Gasteiger partial charge in [0.05, 0.1) is 17.5 Å². The highest BCUT2D eigenvalue weighted by Crippen LogP contribution is 2.22. The lowest BCUT2D eigenvalue weighted by atomic mass is 10.1. The Hall–Kier alpha value is -1.63. The number of hydrogen-bond donors (Lipinski definition) is 3. The molecule has 0 unspecified atom stereocenters. The molecular weight excluding hydrogens is 268 g/mol. The third-order valence-electron chi connectivity index (χ3n) is 3.93. The first kappa shape index (κ1) is 15.8. The van der Waals surface area contributed by atoms with E-state index in [2.05, 4.69) is 4.90 Å². The average Bonchev–Trinajstić information content (AvgIpc) is 2.49. The lowest BCUT2D eigenvalue weighted by Gasteiger charge is -2.30. The van der Waals surface area contributed by atoms with Crippen LogP contribution in [0.15, 0.2) is 18.2 Å². The molecule has 0 saturated carbocycles. The number of aldehydes is 1. The van der Waals surface area contributed by atoms with Gasteiger partial charge in [0.15, 0.2) is 0 Å². The first-order chi connectivity index (χ1) is 10.1. The number of benzene rings is 1. The number of nitrogen functional groups attached to an aromatic ring is 1. The minimum atomic E-state index is -0.136. The number of rotatable bonds is 6. The minimum absolute atomic E-state index is 0.136. The zero-order valence-corrected chi connectivity index (χ0v) is 12.2. The van der Waals surface area contributed by atoms with Crippen LogP contribution >= 0.6 is 0 Å². The van der Waals surface area contributed by atoms with Crippen LogP contribution in [-0.2, 0) is 0 Å². The molecule has 1 heterocycles. The Labute approximate surface area is 125 Å². The second-order valence-corrected chi connectivity index (χ2v) is 5.56. The highest BCUT2D eigenvalue weighted by Gasteiger charge is 2.16. The van der Waals surface area contributed by atoms with E-state index in [1.54, 1.807) is 23.2 Å². The molecular formula is C15H24N4O2. The molecule has 0 amide bonds. The highest BCUT2D eigenvalue weighted by molar-refractivity contribution is 5.80. The summed E-state index contributed by atoms with van der Waals surface area (Å²) in [5.74, 6) is 6.03. The zero-order valence-electron chi connectivity index (χ0n) is 12.2. The number of aliphatic hydroxyl groups is 1. The van der Waals surface area contributed by atoms with Crippen LogP contribution in [0.1, 0.15) is 29.6 Å². The lowest BCUT2D eigenvalue weighted by Crippen LogP contribution is -2.39. The molecule has 21 heavy (non-hydrogen) atoms. The Morgan fingerprint density at radius 2 is 2.10 bits per heavy atom. The molecule has 6 heteroatoms. The Balaban J connectivity index is 1.79. The molecule has 1 aromatic carbocycles. The molecule has 0 radical (unpaired) electrons. The molecule has 1 fully saturated rings. The van der Waals surface area contributed by atoms with Crippen molar-refractivity contribution in [3.8, 4) is 0 Å². The largest absolute Gasteiger partial charge is 0.397 e. The maximum absolute atomic E-state index is 10.7. The van der Waals surface area contributed by atoms with Crippen LogP contribution in [0.3, 0.4) is 0 Å². The summed E-state index contributed by atoms with van der Waals surface area (Å²) in [4.78, 5) is 13.0. The van der Waals surface area contributed by atoms with Crippen molar-refractivity contribution in [1.29, 1.82) is 0 Å². The number of hydrogen-bond acceptors (Lipinski definition) is 6. The fraction of sp³-hybridized carbons (Fsp3) is 0.533. The second-order valence-electron chi connectivity index (χ2n) is 5.56. The first-order valence-corrected chi connectivity index (χ1v) is 7.37. The van der Waals surface area contributed by atoms with Gasteiger partial charge in [0, 0.05) is 25.2 Å². The van der Waals surface area contributed by atoms with Crippen molar-refractivity contribution in [2.45, 2.75) is 25.4 Å². The van der Waals surface area contributed by atoms with Gasteiger partial charge in [-0.1, -0.05) is 0 Å². The molecule has 0 atom stereocenters. The number of nitrogens with zero attached hydrogens (tertiary/aromatic N) is 2. The first-order valence-electron chi connectivity index (χ1n) is 7.37. The van der Waals surface area contributed by atoms with Crippen LogP contribution in [0.25, 0.3) is 0 Å². The summed E-state index contributed by atoms with van der Waals surface area (Å²) in [6, 6.07) is 5.12. The highest BCUT2D eigenvalue weighted by atomic mass is 16.3. The predicted molar refractivity (Wildman–Crippen MR) is 84.1 cm³/mol. The van der Waals surface area contributed by atoms with Crippen LogP contribution < -0.4 is 16.6 Å². The van der Waals surface area contributed by atoms with Crippen molar-refractivity contribution in [3.63, 3.8) is 0 Å². The van der Waals surface area contributed by atoms with Crippen molar-refractivity contribution in [2.24, 2.45) is 5.84 Å². The topological polar surface area (TPSA) is 95.8 Å². The van der Waals surface area contributed by atoms with Crippen LogP contribution in [-0.4, -0.2) is 48.6 Å². The van der Waals surface area contributed by atoms with E-state index in [-0.39, 0.29) is 6.10 Å². The van der Waals surface area contributed by atoms with Crippen molar-refractivity contribution >= 4 is 17.7 Å². The van der Waals surface area contributed by atoms with Crippen LogP contribution in [0, 0.1) is 0 Å². The number of carbonyl (C=O) groups excluding carboxylic acids is 1. The van der Waals surface area contributed by atoms with Crippen LogP contribution in [0.4, 0.5) is 11.4 Å². The monoisotopic (exact) mass is 292 g/mol. The van der Waals surface area contributed by atoms with E-state index >= 15 is 0 Å². The SMILES string of the molecule is Nc1cc(C=O)ccc1N(N)CCCN1CCC(O)CC1. The van der Waals surface area contributed by atoms with E-state index in [9.17, 15) is 9.90 Å². The van der Waals surface area contributed by atoms with Gasteiger partial charge in [-0.15, -0.1) is 0 Å². The van der Waals surface area contributed by atoms with Gasteiger partial charge in [-0.05, 0) is 44.0 Å². The molecule has 0 bridgehead atoms. The molecule has 0 aliphatic carbocycles. The van der Waals surface area contributed by atoms with Gasteiger partial charge < -0.3 is 20.7 Å². The third-order valence-corrected chi connectivity index (χ3v) is 3.93. The average molecular weight is 292 g/mol. The summed E-state index contributed by atoms with van der Waals surface area (Å²) in [5, 5.41) is 11.1. The maximum atomic E-state index is 10.7. The summed E-state index contributed by atoms with van der Waals surface area (Å²) in [5.41, 5.74) is 7.72. The number of carbonyl (C=O) groups is 1. The Morgan fingerprint density at radius 3 is 2.71 bits per heavy atom. The van der Waals surface area contributed by atoms with Gasteiger partial charge in [0.1, 0.15) is 6.29 Å². The standard InChI is InChI=1S/C15H24N4O2/c16-14-10-12(11-20)2-3-15(14)19(17)7-1-6-18-8-4-13(21)5-9-18/h2-3,10-11,13,21H,1,4-9,16-17H2. The van der Waals surface area contributed by atoms with Gasteiger partial charge in [0.2, 0.25) is 0 Å². The zero-order chi connectivity index (χ0) is 15.2. The van der Waals surface area contributed by atoms with E-state index < -0.39 is 0 Å². The van der Waals surface area contributed by atoms with Crippen LogP contribution in [0.5, 0.6) is 0 Å². The number of piperidine rings is 1. The van der Waals surface area contributed by atoms with E-state index in [1.165, 1.54) is 0 Å². The van der Waals surface area contributed by atoms with Crippen LogP contribution in [0.2, 0.25) is 0 Å². The molecule has 0 aromatic heterocycles. The normalized spacial score (nSPS) is 16.9. The fourth-order valence-electron chi connectivity index (χ4n) is 2.64. The second kappa shape index (κ2) is 7.40. The predicted octanol–water partition coefficient (Wildman–Crippen LogP) is 0.608. The minimum Gasteiger partial charge on any atom is -0.397 e. The Kier molecular flexibility index (Phi) is 5.55.